The summed E-state index contributed by atoms with van der Waals surface area (Å²) in [6, 6.07) is 9.43. The number of nitrogens with one attached hydrogen (secondary N) is 3. The monoisotopic (exact) mass is 285 g/mol. The highest BCUT2D eigenvalue weighted by molar-refractivity contribution is 7.88. The van der Waals surface area contributed by atoms with Gasteiger partial charge in [0.2, 0.25) is 15.9 Å². The molecule has 106 valence electrons. The molecular formula is C12H19N3O3S. The molecule has 19 heavy (non-hydrogen) atoms. The van der Waals surface area contributed by atoms with Crippen LogP contribution in [0.4, 0.5) is 5.69 Å². The Kier molecular flexibility index (Phi) is 6.31. The molecule has 1 rings (SSSR count). The molecule has 0 unspecified atom stereocenters. The number of benzene rings is 1. The first-order chi connectivity index (χ1) is 8.97. The van der Waals surface area contributed by atoms with E-state index in [2.05, 4.69) is 15.4 Å². The Morgan fingerprint density at radius 1 is 1.16 bits per heavy atom. The maximum atomic E-state index is 11.5. The van der Waals surface area contributed by atoms with Crippen molar-refractivity contribution < 1.29 is 13.2 Å². The van der Waals surface area contributed by atoms with E-state index < -0.39 is 10.0 Å². The number of carbonyl (C=O) groups is 1. The molecule has 0 bridgehead atoms. The van der Waals surface area contributed by atoms with Crippen LogP contribution >= 0.6 is 0 Å². The number of sulfonamides is 1. The van der Waals surface area contributed by atoms with Gasteiger partial charge in [-0.1, -0.05) is 18.2 Å². The number of amides is 1. The lowest BCUT2D eigenvalue weighted by Crippen LogP contribution is -2.32. The van der Waals surface area contributed by atoms with E-state index in [1.54, 1.807) is 0 Å². The Labute approximate surface area is 113 Å². The Bertz CT molecular complexity index is 488. The third-order valence-electron chi connectivity index (χ3n) is 2.27. The summed E-state index contributed by atoms with van der Waals surface area (Å²) in [7, 11) is -3.15. The van der Waals surface area contributed by atoms with Gasteiger partial charge in [-0.2, -0.15) is 0 Å². The van der Waals surface area contributed by atoms with Gasteiger partial charge in [-0.3, -0.25) is 4.79 Å². The number of hydrogen-bond acceptors (Lipinski definition) is 4. The molecule has 1 amide bonds. The van der Waals surface area contributed by atoms with Crippen molar-refractivity contribution in [2.24, 2.45) is 0 Å². The molecule has 6 nitrogen and oxygen atoms in total. The smallest absolute Gasteiger partial charge is 0.239 e. The van der Waals surface area contributed by atoms with Gasteiger partial charge in [0, 0.05) is 18.8 Å². The van der Waals surface area contributed by atoms with E-state index in [-0.39, 0.29) is 12.5 Å². The highest BCUT2D eigenvalue weighted by Gasteiger charge is 2.01. The summed E-state index contributed by atoms with van der Waals surface area (Å²) < 4.78 is 23.9. The fraction of sp³-hybridized carbons (Fsp3) is 0.417. The molecule has 3 N–H and O–H groups in total. The summed E-state index contributed by atoms with van der Waals surface area (Å²) in [5, 5.41) is 5.69. The molecule has 1 aromatic carbocycles. The van der Waals surface area contributed by atoms with E-state index in [1.807, 2.05) is 30.3 Å². The van der Waals surface area contributed by atoms with Crippen LogP contribution in [0.25, 0.3) is 0 Å². The van der Waals surface area contributed by atoms with Gasteiger partial charge in [-0.25, -0.2) is 13.1 Å². The molecule has 0 fully saturated rings. The van der Waals surface area contributed by atoms with Crippen molar-refractivity contribution in [1.82, 2.24) is 10.0 Å². The van der Waals surface area contributed by atoms with Gasteiger partial charge in [-0.15, -0.1) is 0 Å². The quantitative estimate of drug-likeness (QED) is 0.594. The van der Waals surface area contributed by atoms with Crippen molar-refractivity contribution in [3.63, 3.8) is 0 Å². The van der Waals surface area contributed by atoms with E-state index in [4.69, 9.17) is 0 Å². The van der Waals surface area contributed by atoms with Gasteiger partial charge in [0.25, 0.3) is 0 Å². The Morgan fingerprint density at radius 3 is 2.47 bits per heavy atom. The van der Waals surface area contributed by atoms with E-state index in [0.717, 1.165) is 11.9 Å². The molecule has 0 aliphatic carbocycles. The van der Waals surface area contributed by atoms with E-state index in [0.29, 0.717) is 19.5 Å². The summed E-state index contributed by atoms with van der Waals surface area (Å²) in [5.74, 6) is -0.122. The second-order valence-corrected chi connectivity index (χ2v) is 5.92. The molecule has 0 heterocycles. The molecule has 0 saturated carbocycles. The van der Waals surface area contributed by atoms with Crippen LogP contribution in [-0.2, 0) is 14.8 Å². The molecule has 0 radical (unpaired) electrons. The van der Waals surface area contributed by atoms with E-state index >= 15 is 0 Å². The van der Waals surface area contributed by atoms with Crippen LogP contribution in [0.15, 0.2) is 30.3 Å². The number of hydrogen-bond donors (Lipinski definition) is 3. The van der Waals surface area contributed by atoms with Crippen LogP contribution in [0.3, 0.4) is 0 Å². The molecule has 0 aliphatic heterocycles. The third-order valence-corrected chi connectivity index (χ3v) is 3.00. The van der Waals surface area contributed by atoms with E-state index in [9.17, 15) is 13.2 Å². The van der Waals surface area contributed by atoms with Gasteiger partial charge in [0.1, 0.15) is 0 Å². The zero-order valence-electron chi connectivity index (χ0n) is 10.8. The van der Waals surface area contributed by atoms with Gasteiger partial charge in [0.05, 0.1) is 12.8 Å². The second kappa shape index (κ2) is 7.75. The molecule has 0 saturated heterocycles. The van der Waals surface area contributed by atoms with Crippen LogP contribution in [-0.4, -0.2) is 40.2 Å². The molecular weight excluding hydrogens is 266 g/mol. The number of carbonyl (C=O) groups excluding carboxylic acids is 1. The molecule has 0 atom stereocenters. The van der Waals surface area contributed by atoms with Crippen molar-refractivity contribution in [2.75, 3.05) is 31.2 Å². The van der Waals surface area contributed by atoms with Crippen LogP contribution in [0.2, 0.25) is 0 Å². The van der Waals surface area contributed by atoms with Gasteiger partial charge < -0.3 is 10.6 Å². The van der Waals surface area contributed by atoms with Crippen molar-refractivity contribution in [3.05, 3.63) is 30.3 Å². The molecule has 0 spiro atoms. The fourth-order valence-electron chi connectivity index (χ4n) is 1.37. The minimum atomic E-state index is -3.15. The Hall–Kier alpha value is -1.60. The Balaban J connectivity index is 2.09. The predicted molar refractivity (Wildman–Crippen MR) is 75.4 cm³/mol. The van der Waals surface area contributed by atoms with Gasteiger partial charge in [0.15, 0.2) is 0 Å². The molecule has 7 heteroatoms. The highest BCUT2D eigenvalue weighted by atomic mass is 32.2. The second-order valence-electron chi connectivity index (χ2n) is 4.09. The lowest BCUT2D eigenvalue weighted by molar-refractivity contribution is -0.119. The lowest BCUT2D eigenvalue weighted by atomic mass is 10.3. The van der Waals surface area contributed by atoms with Crippen LogP contribution in [0, 0.1) is 0 Å². The van der Waals surface area contributed by atoms with E-state index in [1.165, 1.54) is 0 Å². The van der Waals surface area contributed by atoms with Crippen molar-refractivity contribution in [1.29, 1.82) is 0 Å². The van der Waals surface area contributed by atoms with Crippen LogP contribution < -0.4 is 15.4 Å². The SMILES string of the molecule is CS(=O)(=O)NCCCNC(=O)CNc1ccccc1. The van der Waals surface area contributed by atoms with Gasteiger partial charge in [-0.05, 0) is 18.6 Å². The standard InChI is InChI=1S/C12H19N3O3S/c1-19(17,18)15-9-5-8-13-12(16)10-14-11-6-3-2-4-7-11/h2-4,6-7,14-15H,5,8-10H2,1H3,(H,13,16). The zero-order valence-corrected chi connectivity index (χ0v) is 11.7. The molecule has 0 aliphatic rings. The average Bonchev–Trinajstić information content (AvgIpc) is 2.36. The summed E-state index contributed by atoms with van der Waals surface area (Å²) in [5.41, 5.74) is 0.886. The first-order valence-corrected chi connectivity index (χ1v) is 7.87. The number of rotatable bonds is 8. The summed E-state index contributed by atoms with van der Waals surface area (Å²) in [4.78, 5) is 11.5. The van der Waals surface area contributed by atoms with Crippen molar-refractivity contribution in [2.45, 2.75) is 6.42 Å². The zero-order chi connectivity index (χ0) is 14.1. The minimum Gasteiger partial charge on any atom is -0.376 e. The van der Waals surface area contributed by atoms with Crippen LogP contribution in [0.1, 0.15) is 6.42 Å². The average molecular weight is 285 g/mol. The predicted octanol–water partition coefficient (Wildman–Crippen LogP) is 0.154. The number of para-hydroxylation sites is 1. The maximum Gasteiger partial charge on any atom is 0.239 e. The summed E-state index contributed by atoms with van der Waals surface area (Å²) >= 11 is 0. The topological polar surface area (TPSA) is 87.3 Å². The largest absolute Gasteiger partial charge is 0.376 e. The normalized spacial score (nSPS) is 11.0. The molecule has 1 aromatic rings. The third kappa shape index (κ3) is 8.17. The van der Waals surface area contributed by atoms with Crippen LogP contribution in [0.5, 0.6) is 0 Å². The lowest BCUT2D eigenvalue weighted by Gasteiger charge is -2.07. The maximum absolute atomic E-state index is 11.5. The van der Waals surface area contributed by atoms with Crippen molar-refractivity contribution in [3.8, 4) is 0 Å². The van der Waals surface area contributed by atoms with Crippen molar-refractivity contribution >= 4 is 21.6 Å². The minimum absolute atomic E-state index is 0.122. The molecule has 0 aromatic heterocycles. The highest BCUT2D eigenvalue weighted by Crippen LogP contribution is 2.03. The Morgan fingerprint density at radius 2 is 1.84 bits per heavy atom. The summed E-state index contributed by atoms with van der Waals surface area (Å²) in [6.07, 6.45) is 1.67. The fourth-order valence-corrected chi connectivity index (χ4v) is 1.89. The first-order valence-electron chi connectivity index (χ1n) is 5.97. The summed E-state index contributed by atoms with van der Waals surface area (Å²) in [6.45, 7) is 0.965. The first kappa shape index (κ1) is 15.5. The van der Waals surface area contributed by atoms with Gasteiger partial charge >= 0.3 is 0 Å². The number of anilines is 1.